The average molecular weight is 237 g/mol. The van der Waals surface area contributed by atoms with Gasteiger partial charge >= 0.3 is 0 Å². The lowest BCUT2D eigenvalue weighted by Crippen LogP contribution is -2.19. The minimum atomic E-state index is -1.43. The van der Waals surface area contributed by atoms with Gasteiger partial charge < -0.3 is 20.3 Å². The molecule has 0 amide bonds. The zero-order valence-corrected chi connectivity index (χ0v) is 10.0. The van der Waals surface area contributed by atoms with Crippen LogP contribution in [0.15, 0.2) is 18.2 Å². The normalized spacial score (nSPS) is 17.8. The maximum Gasteiger partial charge on any atom is 0.178 e. The highest BCUT2D eigenvalue weighted by Crippen LogP contribution is 2.34. The average Bonchev–Trinajstić information content (AvgIpc) is 2.70. The summed E-state index contributed by atoms with van der Waals surface area (Å²) in [5, 5.41) is 21.4. The Labute approximate surface area is 101 Å². The number of fused-ring (bicyclic) bond motifs is 1. The van der Waals surface area contributed by atoms with E-state index < -0.39 is 6.29 Å². The van der Waals surface area contributed by atoms with E-state index in [-0.39, 0.29) is 6.23 Å². The van der Waals surface area contributed by atoms with Gasteiger partial charge in [0.05, 0.1) is 5.69 Å². The first-order valence-corrected chi connectivity index (χ1v) is 6.14. The van der Waals surface area contributed by atoms with Crippen LogP contribution in [0.5, 0.6) is 5.75 Å². The second kappa shape index (κ2) is 5.38. The van der Waals surface area contributed by atoms with Crippen molar-refractivity contribution in [2.75, 3.05) is 5.32 Å². The molecule has 0 spiro atoms. The number of aliphatic hydroxyl groups excluding tert-OH is 1. The van der Waals surface area contributed by atoms with E-state index in [1.165, 1.54) is 12.8 Å². The van der Waals surface area contributed by atoms with Crippen LogP contribution in [-0.4, -0.2) is 16.4 Å². The van der Waals surface area contributed by atoms with E-state index in [9.17, 15) is 0 Å². The number of hydrogen-bond donors (Lipinski definition) is 3. The Hall–Kier alpha value is -1.26. The van der Waals surface area contributed by atoms with Crippen LogP contribution in [0.2, 0.25) is 0 Å². The van der Waals surface area contributed by atoms with Gasteiger partial charge in [0.2, 0.25) is 0 Å². The third kappa shape index (κ3) is 2.90. The molecular formula is C13H19NO3. The van der Waals surface area contributed by atoms with Gasteiger partial charge in [0.1, 0.15) is 5.75 Å². The molecule has 0 aromatic heterocycles. The standard InChI is InChI=1S/C13H19NO3/c1-2-3-4-5-12-14-10-8-9(13(15)16)6-7-11(10)17-12/h6-8,12-16H,2-5H2,1H3. The van der Waals surface area contributed by atoms with E-state index in [2.05, 4.69) is 12.2 Å². The maximum atomic E-state index is 9.08. The van der Waals surface area contributed by atoms with E-state index >= 15 is 0 Å². The van der Waals surface area contributed by atoms with Gasteiger partial charge in [-0.3, -0.25) is 0 Å². The Bertz CT molecular complexity index is 379. The summed E-state index contributed by atoms with van der Waals surface area (Å²) >= 11 is 0. The van der Waals surface area contributed by atoms with E-state index in [0.29, 0.717) is 5.56 Å². The molecule has 0 saturated carbocycles. The smallest absolute Gasteiger partial charge is 0.178 e. The SMILES string of the molecule is CCCCCC1Nc2cc(C(O)O)ccc2O1. The van der Waals surface area contributed by atoms with Crippen molar-refractivity contribution in [2.24, 2.45) is 0 Å². The summed E-state index contributed by atoms with van der Waals surface area (Å²) in [5.41, 5.74) is 1.33. The van der Waals surface area contributed by atoms with Crippen LogP contribution in [0.4, 0.5) is 5.69 Å². The molecule has 1 aliphatic rings. The molecular weight excluding hydrogens is 218 g/mol. The highest BCUT2D eigenvalue weighted by molar-refractivity contribution is 5.61. The van der Waals surface area contributed by atoms with Gasteiger partial charge in [0.25, 0.3) is 0 Å². The number of aliphatic hydroxyl groups is 2. The molecule has 17 heavy (non-hydrogen) atoms. The number of nitrogens with one attached hydrogen (secondary N) is 1. The fourth-order valence-electron chi connectivity index (χ4n) is 1.99. The van der Waals surface area contributed by atoms with Crippen molar-refractivity contribution in [1.29, 1.82) is 0 Å². The molecule has 1 aromatic carbocycles. The fourth-order valence-corrected chi connectivity index (χ4v) is 1.99. The minimum Gasteiger partial charge on any atom is -0.469 e. The highest BCUT2D eigenvalue weighted by atomic mass is 16.5. The third-order valence-corrected chi connectivity index (χ3v) is 2.96. The topological polar surface area (TPSA) is 61.7 Å². The Morgan fingerprint density at radius 1 is 1.35 bits per heavy atom. The Morgan fingerprint density at radius 2 is 2.18 bits per heavy atom. The van der Waals surface area contributed by atoms with E-state index in [1.54, 1.807) is 18.2 Å². The van der Waals surface area contributed by atoms with Crippen molar-refractivity contribution in [3.63, 3.8) is 0 Å². The quantitative estimate of drug-likeness (QED) is 0.543. The first kappa shape index (κ1) is 12.2. The molecule has 1 unspecified atom stereocenters. The van der Waals surface area contributed by atoms with Crippen molar-refractivity contribution < 1.29 is 14.9 Å². The summed E-state index contributed by atoms with van der Waals surface area (Å²) in [6.45, 7) is 2.17. The van der Waals surface area contributed by atoms with Crippen LogP contribution >= 0.6 is 0 Å². The molecule has 3 N–H and O–H groups in total. The molecule has 0 radical (unpaired) electrons. The van der Waals surface area contributed by atoms with Crippen LogP contribution in [0.3, 0.4) is 0 Å². The van der Waals surface area contributed by atoms with Crippen molar-refractivity contribution in [1.82, 2.24) is 0 Å². The Kier molecular flexibility index (Phi) is 3.86. The van der Waals surface area contributed by atoms with Crippen molar-refractivity contribution >= 4 is 5.69 Å². The van der Waals surface area contributed by atoms with Gasteiger partial charge in [-0.1, -0.05) is 25.8 Å². The van der Waals surface area contributed by atoms with Gasteiger partial charge in [-0.25, -0.2) is 0 Å². The van der Waals surface area contributed by atoms with Crippen LogP contribution in [-0.2, 0) is 0 Å². The van der Waals surface area contributed by atoms with Crippen molar-refractivity contribution in [3.8, 4) is 5.75 Å². The number of rotatable bonds is 5. The van der Waals surface area contributed by atoms with Crippen molar-refractivity contribution in [2.45, 2.75) is 45.1 Å². The summed E-state index contributed by atoms with van der Waals surface area (Å²) < 4.78 is 5.71. The van der Waals surface area contributed by atoms with Crippen LogP contribution in [0, 0.1) is 0 Å². The number of hydrogen-bond acceptors (Lipinski definition) is 4. The molecule has 1 aromatic rings. The molecule has 2 rings (SSSR count). The summed E-state index contributed by atoms with van der Waals surface area (Å²) in [4.78, 5) is 0. The molecule has 1 heterocycles. The summed E-state index contributed by atoms with van der Waals surface area (Å²) in [6.07, 6.45) is 3.10. The second-order valence-corrected chi connectivity index (χ2v) is 4.38. The van der Waals surface area contributed by atoms with Gasteiger partial charge in [0, 0.05) is 12.0 Å². The van der Waals surface area contributed by atoms with E-state index in [1.807, 2.05) is 0 Å². The zero-order valence-electron chi connectivity index (χ0n) is 10.0. The predicted octanol–water partition coefficient (Wildman–Crippen LogP) is 2.38. The monoisotopic (exact) mass is 237 g/mol. The second-order valence-electron chi connectivity index (χ2n) is 4.38. The molecule has 1 aliphatic heterocycles. The number of anilines is 1. The number of benzene rings is 1. The van der Waals surface area contributed by atoms with Crippen molar-refractivity contribution in [3.05, 3.63) is 23.8 Å². The summed E-state index contributed by atoms with van der Waals surface area (Å²) in [7, 11) is 0. The van der Waals surface area contributed by atoms with Gasteiger partial charge in [-0.2, -0.15) is 0 Å². The lowest BCUT2D eigenvalue weighted by Gasteiger charge is -2.10. The minimum absolute atomic E-state index is 0.0163. The van der Waals surface area contributed by atoms with E-state index in [0.717, 1.165) is 24.3 Å². The highest BCUT2D eigenvalue weighted by Gasteiger charge is 2.22. The van der Waals surface area contributed by atoms with Crippen LogP contribution < -0.4 is 10.1 Å². The van der Waals surface area contributed by atoms with Gasteiger partial charge in [0.15, 0.2) is 12.5 Å². The van der Waals surface area contributed by atoms with Crippen LogP contribution in [0.25, 0.3) is 0 Å². The number of ether oxygens (including phenoxy) is 1. The predicted molar refractivity (Wildman–Crippen MR) is 65.8 cm³/mol. The molecule has 1 atom stereocenters. The van der Waals surface area contributed by atoms with E-state index in [4.69, 9.17) is 14.9 Å². The largest absolute Gasteiger partial charge is 0.469 e. The summed E-state index contributed by atoms with van der Waals surface area (Å²) in [6, 6.07) is 5.16. The molecule has 0 saturated heterocycles. The van der Waals surface area contributed by atoms with Crippen LogP contribution in [0.1, 0.15) is 44.5 Å². The fraction of sp³-hybridized carbons (Fsp3) is 0.538. The molecule has 94 valence electrons. The summed E-state index contributed by atoms with van der Waals surface area (Å²) in [5.74, 6) is 0.788. The van der Waals surface area contributed by atoms with Gasteiger partial charge in [-0.05, 0) is 18.6 Å². The third-order valence-electron chi connectivity index (χ3n) is 2.96. The van der Waals surface area contributed by atoms with Gasteiger partial charge in [-0.15, -0.1) is 0 Å². The zero-order chi connectivity index (χ0) is 12.3. The first-order valence-electron chi connectivity index (χ1n) is 6.14. The first-order chi connectivity index (χ1) is 8.20. The molecule has 4 nitrogen and oxygen atoms in total. The lowest BCUT2D eigenvalue weighted by molar-refractivity contribution is -0.0424. The molecule has 4 heteroatoms. The molecule has 0 aliphatic carbocycles. The Morgan fingerprint density at radius 3 is 2.88 bits per heavy atom. The Balaban J connectivity index is 1.96. The number of unbranched alkanes of at least 4 members (excludes halogenated alkanes) is 2. The molecule has 0 fully saturated rings. The maximum absolute atomic E-state index is 9.08. The molecule has 0 bridgehead atoms. The lowest BCUT2D eigenvalue weighted by atomic mass is 10.2.